The molecule has 3 spiro atoms. The summed E-state index contributed by atoms with van der Waals surface area (Å²) in [6.45, 7) is 4.30. The van der Waals surface area contributed by atoms with Gasteiger partial charge in [-0.2, -0.15) is 0 Å². The van der Waals surface area contributed by atoms with Gasteiger partial charge in [-0.1, -0.05) is 19.9 Å². The first kappa shape index (κ1) is 16.8. The molecule has 4 aliphatic carbocycles. The summed E-state index contributed by atoms with van der Waals surface area (Å²) in [5.41, 5.74) is -4.17. The van der Waals surface area contributed by atoms with Gasteiger partial charge in [0.1, 0.15) is 11.5 Å². The molecule has 3 saturated carbocycles. The number of hydrogen-bond acceptors (Lipinski definition) is 7. The van der Waals surface area contributed by atoms with Crippen molar-refractivity contribution in [2.45, 2.75) is 50.2 Å². The maximum atomic E-state index is 13.7. The molecule has 0 aromatic carbocycles. The van der Waals surface area contributed by atoms with Gasteiger partial charge >= 0.3 is 0 Å². The molecule has 3 unspecified atom stereocenters. The molecule has 3 heterocycles. The average Bonchev–Trinajstić information content (AvgIpc) is 3.40. The van der Waals surface area contributed by atoms with E-state index in [1.165, 1.54) is 0 Å². The van der Waals surface area contributed by atoms with Gasteiger partial charge in [0.05, 0.1) is 23.7 Å². The molecule has 0 aromatic rings. The first-order chi connectivity index (χ1) is 12.6. The highest BCUT2D eigenvalue weighted by Crippen LogP contribution is 2.76. The summed E-state index contributed by atoms with van der Waals surface area (Å²) in [4.78, 5) is 27.0. The zero-order valence-corrected chi connectivity index (χ0v) is 15.4. The maximum absolute atomic E-state index is 13.7. The Labute approximate surface area is 156 Å². The van der Waals surface area contributed by atoms with Crippen molar-refractivity contribution in [1.82, 2.24) is 5.32 Å². The third-order valence-corrected chi connectivity index (χ3v) is 9.08. The zero-order chi connectivity index (χ0) is 19.2. The largest absolute Gasteiger partial charge is 0.391 e. The van der Waals surface area contributed by atoms with Crippen molar-refractivity contribution in [2.24, 2.45) is 34.0 Å². The van der Waals surface area contributed by atoms with Crippen LogP contribution in [0.2, 0.25) is 0 Å². The molecule has 27 heavy (non-hydrogen) atoms. The van der Waals surface area contributed by atoms with Crippen molar-refractivity contribution < 1.29 is 29.6 Å². The lowest BCUT2D eigenvalue weighted by atomic mass is 9.37. The Morgan fingerprint density at radius 2 is 1.89 bits per heavy atom. The van der Waals surface area contributed by atoms with Gasteiger partial charge in [-0.3, -0.25) is 9.59 Å². The second-order valence-electron chi connectivity index (χ2n) is 10.2. The summed E-state index contributed by atoms with van der Waals surface area (Å²) in [5.74, 6) is -4.08. The van der Waals surface area contributed by atoms with E-state index in [1.807, 2.05) is 13.8 Å². The lowest BCUT2D eigenvalue weighted by Gasteiger charge is -2.72. The van der Waals surface area contributed by atoms with Gasteiger partial charge in [-0.25, -0.2) is 0 Å². The molecule has 4 N–H and O–H groups in total. The number of rotatable bonds is 0. The Morgan fingerprint density at radius 1 is 1.19 bits per heavy atom. The third-order valence-electron chi connectivity index (χ3n) is 9.08. The molecule has 4 bridgehead atoms. The number of carbonyl (C=O) groups excluding carboxylic acids is 2. The van der Waals surface area contributed by atoms with Gasteiger partial charge < -0.3 is 25.4 Å². The highest BCUT2D eigenvalue weighted by Gasteiger charge is 2.90. The van der Waals surface area contributed by atoms with Crippen LogP contribution in [-0.4, -0.2) is 63.6 Å². The Balaban J connectivity index is 1.67. The molecule has 3 aliphatic heterocycles. The molecule has 146 valence electrons. The van der Waals surface area contributed by atoms with E-state index in [2.05, 4.69) is 5.32 Å². The molecule has 7 nitrogen and oxygen atoms in total. The number of hydrogen-bond donors (Lipinski definition) is 4. The van der Waals surface area contributed by atoms with E-state index in [9.17, 15) is 24.9 Å². The van der Waals surface area contributed by atoms with E-state index in [-0.39, 0.29) is 24.1 Å². The molecule has 7 aliphatic rings. The monoisotopic (exact) mass is 375 g/mol. The molecular formula is C20H25NO6. The van der Waals surface area contributed by atoms with Crippen LogP contribution in [0.4, 0.5) is 0 Å². The fourth-order valence-electron chi connectivity index (χ4n) is 8.02. The molecule has 3 saturated heterocycles. The first-order valence-electron chi connectivity index (χ1n) is 9.87. The smallest absolute Gasteiger partial charge is 0.208 e. The Hall–Kier alpha value is -1.12. The van der Waals surface area contributed by atoms with Crippen molar-refractivity contribution in [3.8, 4) is 0 Å². The lowest BCUT2D eigenvalue weighted by Crippen LogP contribution is -2.84. The number of nitrogens with one attached hydrogen (secondary N) is 1. The quantitative estimate of drug-likeness (QED) is 0.406. The molecular weight excluding hydrogens is 350 g/mol. The average molecular weight is 375 g/mol. The normalized spacial score (nSPS) is 61.9. The number of ketones is 2. The van der Waals surface area contributed by atoms with Crippen molar-refractivity contribution in [2.75, 3.05) is 13.2 Å². The van der Waals surface area contributed by atoms with E-state index in [0.29, 0.717) is 19.4 Å². The van der Waals surface area contributed by atoms with Crippen molar-refractivity contribution in [1.29, 1.82) is 0 Å². The van der Waals surface area contributed by atoms with Crippen LogP contribution in [0.15, 0.2) is 12.2 Å². The Morgan fingerprint density at radius 3 is 2.56 bits per heavy atom. The standard InChI is InChI=1S/C20H25NO6/c1-16(2)6-5-11(22)17-8-27-20(26,14(24)12(16)17)19-10(17)4-3-9(13(19)23)18(7-21-18)15(19)25/h5-6,9-10,12-14,21,23-24,26H,3-4,7-8H2,1-2H3/t9-,10?,12?,13-,14+,17-,18?,19-,20-/m1/s1. The van der Waals surface area contributed by atoms with Gasteiger partial charge in [0.25, 0.3) is 0 Å². The predicted octanol–water partition coefficient (Wildman–Crippen LogP) is -0.854. The second-order valence-corrected chi connectivity index (χ2v) is 10.2. The van der Waals surface area contributed by atoms with Crippen molar-refractivity contribution >= 4 is 11.6 Å². The van der Waals surface area contributed by atoms with Crippen molar-refractivity contribution in [3.05, 3.63) is 12.2 Å². The summed E-state index contributed by atoms with van der Waals surface area (Å²) >= 11 is 0. The van der Waals surface area contributed by atoms with Crippen LogP contribution in [0.25, 0.3) is 0 Å². The molecule has 0 aromatic heterocycles. The zero-order valence-electron chi connectivity index (χ0n) is 15.4. The van der Waals surface area contributed by atoms with Gasteiger partial charge in [-0.15, -0.1) is 0 Å². The highest BCUT2D eigenvalue weighted by atomic mass is 16.6. The molecule has 9 atom stereocenters. The second kappa shape index (κ2) is 4.24. The van der Waals surface area contributed by atoms with E-state index >= 15 is 0 Å². The van der Waals surface area contributed by atoms with Crippen LogP contribution in [0, 0.1) is 34.0 Å². The van der Waals surface area contributed by atoms with Gasteiger partial charge in [0, 0.05) is 18.4 Å². The number of aliphatic hydroxyl groups is 3. The highest BCUT2D eigenvalue weighted by molar-refractivity contribution is 6.05. The number of allylic oxidation sites excluding steroid dienone is 2. The van der Waals surface area contributed by atoms with E-state index < -0.39 is 51.6 Å². The lowest BCUT2D eigenvalue weighted by molar-refractivity contribution is -0.433. The predicted molar refractivity (Wildman–Crippen MR) is 91.2 cm³/mol. The first-order valence-corrected chi connectivity index (χ1v) is 9.87. The van der Waals surface area contributed by atoms with E-state index in [0.717, 1.165) is 0 Å². The van der Waals surface area contributed by atoms with E-state index in [1.54, 1.807) is 12.2 Å². The van der Waals surface area contributed by atoms with Crippen molar-refractivity contribution in [3.63, 3.8) is 0 Å². The summed E-state index contributed by atoms with van der Waals surface area (Å²) in [6, 6.07) is 0. The number of carbonyl (C=O) groups is 2. The minimum Gasteiger partial charge on any atom is -0.391 e. The minimum atomic E-state index is -2.18. The fraction of sp³-hybridized carbons (Fsp3) is 0.800. The molecule has 6 fully saturated rings. The third kappa shape index (κ3) is 1.33. The number of fused-ring (bicyclic) bond motifs is 3. The minimum absolute atomic E-state index is 0.0324. The number of Topliss-reactive ketones (excluding diaryl/α,β-unsaturated/α-hetero) is 1. The summed E-state index contributed by atoms with van der Waals surface area (Å²) < 4.78 is 5.80. The summed E-state index contributed by atoms with van der Waals surface area (Å²) in [7, 11) is 0. The van der Waals surface area contributed by atoms with Gasteiger partial charge in [0.15, 0.2) is 11.6 Å². The number of ether oxygens (including phenoxy) is 1. The molecule has 7 rings (SSSR count). The van der Waals surface area contributed by atoms with Gasteiger partial charge in [0.2, 0.25) is 5.79 Å². The van der Waals surface area contributed by atoms with Crippen LogP contribution in [0.1, 0.15) is 26.7 Å². The van der Waals surface area contributed by atoms with E-state index in [4.69, 9.17) is 4.74 Å². The fourth-order valence-corrected chi connectivity index (χ4v) is 8.02. The van der Waals surface area contributed by atoms with Gasteiger partial charge in [-0.05, 0) is 30.3 Å². The van der Waals surface area contributed by atoms with Crippen LogP contribution >= 0.6 is 0 Å². The Bertz CT molecular complexity index is 832. The van der Waals surface area contributed by atoms with Crippen LogP contribution in [0.5, 0.6) is 0 Å². The SMILES string of the molecule is CC1(C)C=CC(=O)[C@]23CO[C@](O)([C@@H](O)C12)[C@]12C(=O)C4(CN4)[C@H](CCC31)[C@H]2O. The number of aliphatic hydroxyl groups excluding tert-OH is 2. The molecule has 0 radical (unpaired) electrons. The van der Waals surface area contributed by atoms with Crippen LogP contribution in [0.3, 0.4) is 0 Å². The summed E-state index contributed by atoms with van der Waals surface area (Å²) in [5, 5.41) is 37.5. The topological polar surface area (TPSA) is 126 Å². The van der Waals surface area contributed by atoms with Crippen LogP contribution < -0.4 is 5.32 Å². The summed E-state index contributed by atoms with van der Waals surface area (Å²) in [6.07, 6.45) is 1.93. The maximum Gasteiger partial charge on any atom is 0.208 e. The molecule has 7 heteroatoms. The molecule has 0 amide bonds. The Kier molecular flexibility index (Phi) is 2.64. The van der Waals surface area contributed by atoms with Crippen LogP contribution in [-0.2, 0) is 14.3 Å².